The van der Waals surface area contributed by atoms with Crippen LogP contribution in [0.5, 0.6) is 0 Å². The summed E-state index contributed by atoms with van der Waals surface area (Å²) >= 11 is 0. The number of amides is 3. The fourth-order valence-corrected chi connectivity index (χ4v) is 7.36. The van der Waals surface area contributed by atoms with Crippen LogP contribution in [0.25, 0.3) is 0 Å². The Labute approximate surface area is 359 Å². The van der Waals surface area contributed by atoms with Crippen LogP contribution >= 0.6 is 0 Å². The average Bonchev–Trinajstić information content (AvgIpc) is 3.69. The molecule has 0 bridgehead atoms. The van der Waals surface area contributed by atoms with Crippen LogP contribution in [0.1, 0.15) is 82.8 Å². The second kappa shape index (κ2) is 20.8. The van der Waals surface area contributed by atoms with Gasteiger partial charge in [0, 0.05) is 19.0 Å². The number of carbonyl (C=O) groups is 4. The Morgan fingerprint density at radius 1 is 0.672 bits per heavy atom. The van der Waals surface area contributed by atoms with Gasteiger partial charge in [-0.1, -0.05) is 135 Å². The van der Waals surface area contributed by atoms with Crippen molar-refractivity contribution >= 4 is 23.9 Å². The highest BCUT2D eigenvalue weighted by molar-refractivity contribution is 5.92. The Balaban J connectivity index is 1.57. The topological polar surface area (TPSA) is 161 Å². The quantitative estimate of drug-likeness (QED) is 0.0559. The molecule has 0 aliphatic rings. The van der Waals surface area contributed by atoms with Gasteiger partial charge in [-0.25, -0.2) is 14.6 Å². The molecule has 5 rings (SSSR count). The molecule has 0 fully saturated rings. The number of aliphatic hydroxyl groups excluding tert-OH is 1. The Bertz CT molecular complexity index is 2070. The van der Waals surface area contributed by atoms with E-state index in [-0.39, 0.29) is 25.2 Å². The van der Waals surface area contributed by atoms with E-state index in [1.54, 1.807) is 40.9 Å². The number of esters is 1. The number of ether oxygens (including phenoxy) is 2. The summed E-state index contributed by atoms with van der Waals surface area (Å²) in [5, 5.41) is 19.6. The van der Waals surface area contributed by atoms with E-state index >= 15 is 0 Å². The number of nitrogens with zero attached hydrogens (tertiary/aromatic N) is 2. The summed E-state index contributed by atoms with van der Waals surface area (Å²) in [4.78, 5) is 59.8. The lowest BCUT2D eigenvalue weighted by molar-refractivity contribution is -0.159. The lowest BCUT2D eigenvalue weighted by atomic mass is 9.77. The van der Waals surface area contributed by atoms with E-state index in [9.17, 15) is 24.3 Å². The summed E-state index contributed by atoms with van der Waals surface area (Å²) in [6.45, 7) is 12.3. The van der Waals surface area contributed by atoms with Gasteiger partial charge in [-0.15, -0.1) is 0 Å². The fraction of sp³-hybridized carbons (Fsp3) is 0.367. The SMILES string of the molecule is CC(C)CC(NC(=O)[C@H](Cc1cn(C(c2ccccc2)(c2ccccc2)c2ccccc2)cn1)NC(=O)[C@H](Cc1ccccc1)NC(=O)OC(C)(C)C)C(O)C(=O)OC(C)C. The highest BCUT2D eigenvalue weighted by Crippen LogP contribution is 2.40. The third kappa shape index (κ3) is 12.4. The fourth-order valence-electron chi connectivity index (χ4n) is 7.36. The van der Waals surface area contributed by atoms with E-state index in [2.05, 4.69) is 52.3 Å². The van der Waals surface area contributed by atoms with E-state index in [0.717, 1.165) is 22.3 Å². The van der Waals surface area contributed by atoms with E-state index in [1.807, 2.05) is 110 Å². The number of hydrogen-bond acceptors (Lipinski definition) is 8. The minimum Gasteiger partial charge on any atom is -0.461 e. The Kier molecular flexibility index (Phi) is 15.6. The first-order chi connectivity index (χ1) is 29.1. The van der Waals surface area contributed by atoms with Crippen molar-refractivity contribution < 1.29 is 33.8 Å². The van der Waals surface area contributed by atoms with Crippen LogP contribution in [-0.2, 0) is 42.2 Å². The number of alkyl carbamates (subject to hydrolysis) is 1. The van der Waals surface area contributed by atoms with Crippen molar-refractivity contribution in [3.8, 4) is 0 Å². The van der Waals surface area contributed by atoms with E-state index in [0.29, 0.717) is 5.69 Å². The van der Waals surface area contributed by atoms with Crippen molar-refractivity contribution in [2.24, 2.45) is 5.92 Å². The lowest BCUT2D eigenvalue weighted by Crippen LogP contribution is -2.58. The second-order valence-electron chi connectivity index (χ2n) is 16.9. The molecule has 0 saturated carbocycles. The van der Waals surface area contributed by atoms with E-state index < -0.39 is 65.4 Å². The molecule has 2 unspecified atom stereocenters. The van der Waals surface area contributed by atoms with Crippen molar-refractivity contribution in [3.05, 3.63) is 162 Å². The molecule has 12 heteroatoms. The maximum absolute atomic E-state index is 14.5. The molecule has 0 saturated heterocycles. The molecule has 5 aromatic rings. The third-order valence-corrected chi connectivity index (χ3v) is 9.96. The van der Waals surface area contributed by atoms with Gasteiger partial charge in [0.15, 0.2) is 6.10 Å². The molecule has 1 aromatic heterocycles. The summed E-state index contributed by atoms with van der Waals surface area (Å²) < 4.78 is 12.8. The molecular weight excluding hydrogens is 771 g/mol. The number of nitrogens with one attached hydrogen (secondary N) is 3. The van der Waals surface area contributed by atoms with E-state index in [1.165, 1.54) is 0 Å². The predicted molar refractivity (Wildman–Crippen MR) is 234 cm³/mol. The van der Waals surface area contributed by atoms with Crippen LogP contribution in [0.2, 0.25) is 0 Å². The number of imidazole rings is 1. The van der Waals surface area contributed by atoms with Crippen molar-refractivity contribution in [1.29, 1.82) is 0 Å². The van der Waals surface area contributed by atoms with Gasteiger partial charge in [-0.2, -0.15) is 0 Å². The average molecular weight is 830 g/mol. The van der Waals surface area contributed by atoms with Crippen molar-refractivity contribution in [1.82, 2.24) is 25.5 Å². The smallest absolute Gasteiger partial charge is 0.408 e. The minimum atomic E-state index is -1.67. The van der Waals surface area contributed by atoms with E-state index in [4.69, 9.17) is 14.5 Å². The van der Waals surface area contributed by atoms with Crippen LogP contribution in [0.4, 0.5) is 4.79 Å². The highest BCUT2D eigenvalue weighted by atomic mass is 16.6. The van der Waals surface area contributed by atoms with Crippen molar-refractivity contribution in [2.45, 2.75) is 109 Å². The summed E-state index contributed by atoms with van der Waals surface area (Å²) in [5.74, 6) is -2.22. The summed E-state index contributed by atoms with van der Waals surface area (Å²) in [7, 11) is 0. The molecule has 4 atom stereocenters. The third-order valence-electron chi connectivity index (χ3n) is 9.96. The number of aliphatic hydroxyl groups is 1. The van der Waals surface area contributed by atoms with Crippen LogP contribution in [0.3, 0.4) is 0 Å². The number of hydrogen-bond donors (Lipinski definition) is 4. The first-order valence-electron chi connectivity index (χ1n) is 20.8. The van der Waals surface area contributed by atoms with Gasteiger partial charge in [0.1, 0.15) is 23.2 Å². The normalized spacial score (nSPS) is 13.7. The zero-order valence-electron chi connectivity index (χ0n) is 36.1. The number of rotatable bonds is 18. The van der Waals surface area contributed by atoms with Crippen LogP contribution in [0.15, 0.2) is 134 Å². The van der Waals surface area contributed by atoms with Gasteiger partial charge in [0.25, 0.3) is 0 Å². The number of carbonyl (C=O) groups excluding carboxylic acids is 4. The van der Waals surface area contributed by atoms with Gasteiger partial charge in [0.05, 0.1) is 24.2 Å². The molecule has 12 nitrogen and oxygen atoms in total. The predicted octanol–water partition coefficient (Wildman–Crippen LogP) is 6.73. The second-order valence-corrected chi connectivity index (χ2v) is 16.9. The minimum absolute atomic E-state index is 0.0362. The molecular formula is C49H59N5O7. The summed E-state index contributed by atoms with van der Waals surface area (Å²) in [6, 6.07) is 35.9. The molecule has 0 radical (unpaired) electrons. The summed E-state index contributed by atoms with van der Waals surface area (Å²) in [5.41, 5.74) is 2.40. The molecule has 3 amide bonds. The maximum atomic E-state index is 14.5. The van der Waals surface area contributed by atoms with Gasteiger partial charge in [0.2, 0.25) is 11.8 Å². The Hall–Kier alpha value is -6.27. The van der Waals surface area contributed by atoms with Crippen LogP contribution < -0.4 is 16.0 Å². The molecule has 0 aliphatic carbocycles. The largest absolute Gasteiger partial charge is 0.461 e. The molecule has 0 aliphatic heterocycles. The molecule has 0 spiro atoms. The molecule has 322 valence electrons. The Morgan fingerprint density at radius 2 is 1.15 bits per heavy atom. The first-order valence-corrected chi connectivity index (χ1v) is 20.8. The number of aromatic nitrogens is 2. The van der Waals surface area contributed by atoms with Crippen LogP contribution in [0, 0.1) is 5.92 Å². The van der Waals surface area contributed by atoms with Gasteiger partial charge in [-0.3, -0.25) is 9.59 Å². The van der Waals surface area contributed by atoms with Gasteiger partial charge >= 0.3 is 12.1 Å². The number of benzene rings is 4. The summed E-state index contributed by atoms with van der Waals surface area (Å²) in [6.07, 6.45) is 0.851. The lowest BCUT2D eigenvalue weighted by Gasteiger charge is -2.37. The van der Waals surface area contributed by atoms with Crippen molar-refractivity contribution in [3.63, 3.8) is 0 Å². The van der Waals surface area contributed by atoms with Gasteiger partial charge in [-0.05, 0) is 69.2 Å². The Morgan fingerprint density at radius 3 is 1.62 bits per heavy atom. The maximum Gasteiger partial charge on any atom is 0.408 e. The molecule has 1 heterocycles. The standard InChI is InChI=1S/C49H59N5O7/c1-33(2)28-40(43(55)46(58)60-34(3)4)51-45(57)42(52-44(56)41(29-35-20-12-8-13-21-35)53-47(59)61-48(5,6)7)30-39-31-54(32-50-39)49(36-22-14-9-15-23-36,37-24-16-10-17-25-37)38-26-18-11-19-27-38/h8-27,31-34,40-43,55H,28-30H2,1-7H3,(H,51,57)(H,52,56)(H,53,59)/t40?,41-,42-,43?/m0/s1. The van der Waals surface area contributed by atoms with Crippen molar-refractivity contribution in [2.75, 3.05) is 0 Å². The van der Waals surface area contributed by atoms with Crippen LogP contribution in [-0.4, -0.2) is 74.5 Å². The molecule has 4 aromatic carbocycles. The molecule has 61 heavy (non-hydrogen) atoms. The monoisotopic (exact) mass is 829 g/mol. The molecule has 4 N–H and O–H groups in total. The first kappa shape index (κ1) is 45.8. The zero-order chi connectivity index (χ0) is 44.2. The highest BCUT2D eigenvalue weighted by Gasteiger charge is 2.39. The van der Waals surface area contributed by atoms with Gasteiger partial charge < -0.3 is 35.1 Å². The zero-order valence-corrected chi connectivity index (χ0v) is 36.1.